The molecule has 0 radical (unpaired) electrons. The Morgan fingerprint density at radius 2 is 1.77 bits per heavy atom. The molecule has 6 nitrogen and oxygen atoms in total. The van der Waals surface area contributed by atoms with E-state index in [9.17, 15) is 22.8 Å². The quantitative estimate of drug-likeness (QED) is 0.312. The Bertz CT molecular complexity index is 1170. The van der Waals surface area contributed by atoms with Gasteiger partial charge in [-0.25, -0.2) is 4.90 Å². The number of anilines is 1. The molecule has 4 atom stereocenters. The first-order chi connectivity index (χ1) is 16.0. The van der Waals surface area contributed by atoms with Gasteiger partial charge >= 0.3 is 6.18 Å². The summed E-state index contributed by atoms with van der Waals surface area (Å²) in [4.78, 5) is 27.8. The monoisotopic (exact) mass is 506 g/mol. The van der Waals surface area contributed by atoms with Crippen LogP contribution in [0.15, 0.2) is 30.4 Å². The predicted octanol–water partition coefficient (Wildman–Crippen LogP) is 5.19. The lowest BCUT2D eigenvalue weighted by Gasteiger charge is -2.37. The lowest BCUT2D eigenvalue weighted by molar-refractivity contribution is -0.138. The Labute approximate surface area is 203 Å². The minimum atomic E-state index is -4.80. The van der Waals surface area contributed by atoms with Crippen molar-refractivity contribution >= 4 is 25.8 Å². The zero-order valence-corrected chi connectivity index (χ0v) is 21.6. The number of rotatable bonds is 5. The second-order valence-electron chi connectivity index (χ2n) is 11.2. The molecule has 35 heavy (non-hydrogen) atoms. The second kappa shape index (κ2) is 7.76. The van der Waals surface area contributed by atoms with Crippen molar-refractivity contribution in [3.05, 3.63) is 41.5 Å². The van der Waals surface area contributed by atoms with Crippen LogP contribution in [0.4, 0.5) is 18.9 Å². The van der Waals surface area contributed by atoms with Crippen molar-refractivity contribution in [2.24, 2.45) is 11.8 Å². The molecule has 188 valence electrons. The standard InChI is InChI=1S/C25H29F3N2O4Si/c1-22(2,3)35(5,6)33-12-11-24-10-9-23(4,34-24)18-19(24)21(32)30(20(18)31)16-8-7-15(14-29)17(13-16)25(26,27)28/h7-10,13,18-19H,11-12H2,1-6H3/t18-,19+,23?,24?/m0/s1. The van der Waals surface area contributed by atoms with Gasteiger partial charge in [-0.3, -0.25) is 9.59 Å². The molecule has 2 unspecified atom stereocenters. The molecule has 10 heteroatoms. The van der Waals surface area contributed by atoms with E-state index in [0.29, 0.717) is 19.1 Å². The van der Waals surface area contributed by atoms with Crippen molar-refractivity contribution in [3.63, 3.8) is 0 Å². The van der Waals surface area contributed by atoms with E-state index in [1.165, 1.54) is 12.1 Å². The van der Waals surface area contributed by atoms with Gasteiger partial charge in [0.15, 0.2) is 8.32 Å². The first-order valence-electron chi connectivity index (χ1n) is 11.5. The second-order valence-corrected chi connectivity index (χ2v) is 16.0. The molecule has 2 amide bonds. The number of ether oxygens (including phenoxy) is 1. The van der Waals surface area contributed by atoms with Gasteiger partial charge in [-0.15, -0.1) is 0 Å². The third-order valence-corrected chi connectivity index (χ3v) is 12.5. The first-order valence-corrected chi connectivity index (χ1v) is 14.4. The number of nitriles is 1. The maximum atomic E-state index is 13.6. The maximum Gasteiger partial charge on any atom is 0.417 e. The van der Waals surface area contributed by atoms with Gasteiger partial charge in [0.2, 0.25) is 11.8 Å². The van der Waals surface area contributed by atoms with Gasteiger partial charge in [-0.05, 0) is 43.3 Å². The van der Waals surface area contributed by atoms with E-state index in [4.69, 9.17) is 14.4 Å². The zero-order valence-electron chi connectivity index (χ0n) is 20.6. The summed E-state index contributed by atoms with van der Waals surface area (Å²) in [6.45, 7) is 12.7. The van der Waals surface area contributed by atoms with Crippen LogP contribution in [-0.4, -0.2) is 37.9 Å². The molecular formula is C25H29F3N2O4Si. The summed E-state index contributed by atoms with van der Waals surface area (Å²) in [6.07, 6.45) is -0.881. The number of carbonyl (C=O) groups excluding carboxylic acids is 2. The van der Waals surface area contributed by atoms with E-state index in [1.54, 1.807) is 19.1 Å². The number of hydrogen-bond donors (Lipinski definition) is 0. The van der Waals surface area contributed by atoms with Crippen LogP contribution in [0.3, 0.4) is 0 Å². The van der Waals surface area contributed by atoms with Crippen LogP contribution in [0.25, 0.3) is 0 Å². The molecule has 3 aliphatic heterocycles. The predicted molar refractivity (Wildman–Crippen MR) is 125 cm³/mol. The molecule has 4 rings (SSSR count). The highest BCUT2D eigenvalue weighted by Crippen LogP contribution is 2.59. The summed E-state index contributed by atoms with van der Waals surface area (Å²) in [5, 5.41) is 9.07. The molecule has 1 aromatic rings. The van der Waals surface area contributed by atoms with Gasteiger partial charge in [0.1, 0.15) is 5.60 Å². The molecule has 2 bridgehead atoms. The number of fused-ring (bicyclic) bond motifs is 5. The number of amides is 2. The largest absolute Gasteiger partial charge is 0.417 e. The molecule has 0 N–H and O–H groups in total. The Morgan fingerprint density at radius 1 is 1.14 bits per heavy atom. The third-order valence-electron chi connectivity index (χ3n) is 8.01. The van der Waals surface area contributed by atoms with E-state index in [0.717, 1.165) is 11.0 Å². The highest BCUT2D eigenvalue weighted by atomic mass is 28.4. The minimum Gasteiger partial charge on any atom is -0.417 e. The number of carbonyl (C=O) groups is 2. The van der Waals surface area contributed by atoms with Gasteiger partial charge in [0, 0.05) is 13.0 Å². The molecule has 0 aliphatic carbocycles. The lowest BCUT2D eigenvalue weighted by atomic mass is 9.71. The molecule has 2 fully saturated rings. The van der Waals surface area contributed by atoms with Crippen LogP contribution in [0.2, 0.25) is 18.1 Å². The van der Waals surface area contributed by atoms with Crippen molar-refractivity contribution in [2.75, 3.05) is 11.5 Å². The van der Waals surface area contributed by atoms with Crippen LogP contribution in [0, 0.1) is 23.2 Å². The summed E-state index contributed by atoms with van der Waals surface area (Å²) < 4.78 is 53.2. The van der Waals surface area contributed by atoms with E-state index in [1.807, 2.05) is 0 Å². The van der Waals surface area contributed by atoms with Crippen LogP contribution in [0.1, 0.15) is 45.2 Å². The Kier molecular flexibility index (Phi) is 5.67. The molecular weight excluding hydrogens is 477 g/mol. The Hall–Kier alpha value is -2.48. The summed E-state index contributed by atoms with van der Waals surface area (Å²) in [7, 11) is -2.07. The van der Waals surface area contributed by atoms with Crippen LogP contribution in [-0.2, 0) is 24.9 Å². The number of imide groups is 1. The molecule has 2 saturated heterocycles. The Balaban J connectivity index is 1.65. The fraction of sp³-hybridized carbons (Fsp3) is 0.560. The average molecular weight is 507 g/mol. The van der Waals surface area contributed by atoms with Gasteiger partial charge in [-0.1, -0.05) is 32.9 Å². The van der Waals surface area contributed by atoms with Crippen molar-refractivity contribution in [1.29, 1.82) is 5.26 Å². The maximum absolute atomic E-state index is 13.6. The number of benzene rings is 1. The minimum absolute atomic E-state index is 0.00845. The van der Waals surface area contributed by atoms with Crippen LogP contribution >= 0.6 is 0 Å². The summed E-state index contributed by atoms with van der Waals surface area (Å²) in [5.41, 5.74) is -4.06. The summed E-state index contributed by atoms with van der Waals surface area (Å²) >= 11 is 0. The van der Waals surface area contributed by atoms with Crippen molar-refractivity contribution < 1.29 is 31.9 Å². The number of hydrogen-bond acceptors (Lipinski definition) is 5. The van der Waals surface area contributed by atoms with E-state index in [2.05, 4.69) is 33.9 Å². The first kappa shape index (κ1) is 25.6. The van der Waals surface area contributed by atoms with Gasteiger partial charge < -0.3 is 9.16 Å². The van der Waals surface area contributed by atoms with Gasteiger partial charge in [0.05, 0.1) is 40.3 Å². The molecule has 3 aliphatic rings. The molecule has 1 aromatic carbocycles. The highest BCUT2D eigenvalue weighted by molar-refractivity contribution is 6.74. The van der Waals surface area contributed by atoms with Crippen LogP contribution < -0.4 is 4.90 Å². The average Bonchev–Trinajstić information content (AvgIpc) is 3.30. The van der Waals surface area contributed by atoms with Crippen LogP contribution in [0.5, 0.6) is 0 Å². The fourth-order valence-corrected chi connectivity index (χ4v) is 6.13. The van der Waals surface area contributed by atoms with E-state index >= 15 is 0 Å². The highest BCUT2D eigenvalue weighted by Gasteiger charge is 2.72. The SMILES string of the molecule is CC12C=CC(CCO[Si](C)(C)C(C)(C)C)(O1)[C@H]1C(=O)N(c3ccc(C#N)c(C(F)(F)F)c3)C(=O)[C@H]12. The van der Waals surface area contributed by atoms with E-state index in [-0.39, 0.29) is 10.7 Å². The number of halogens is 3. The van der Waals surface area contributed by atoms with Gasteiger partial charge in [-0.2, -0.15) is 18.4 Å². The van der Waals surface area contributed by atoms with Crippen molar-refractivity contribution in [1.82, 2.24) is 0 Å². The summed E-state index contributed by atoms with van der Waals surface area (Å²) in [6, 6.07) is 4.40. The summed E-state index contributed by atoms with van der Waals surface area (Å²) in [5.74, 6) is -2.91. The number of alkyl halides is 3. The normalized spacial score (nSPS) is 30.2. The smallest absolute Gasteiger partial charge is 0.417 e. The van der Waals surface area contributed by atoms with E-state index < -0.39 is 60.5 Å². The topological polar surface area (TPSA) is 79.6 Å². The molecule has 0 aromatic heterocycles. The van der Waals surface area contributed by atoms with Crippen molar-refractivity contribution in [2.45, 2.75) is 69.6 Å². The molecule has 3 heterocycles. The molecule has 0 spiro atoms. The third kappa shape index (κ3) is 3.84. The molecule has 0 saturated carbocycles. The zero-order chi connectivity index (χ0) is 26.2. The van der Waals surface area contributed by atoms with Gasteiger partial charge in [0.25, 0.3) is 0 Å². The fourth-order valence-electron chi connectivity index (χ4n) is 5.09. The Morgan fingerprint density at radius 3 is 2.34 bits per heavy atom. The number of nitrogens with zero attached hydrogens (tertiary/aromatic N) is 2. The lowest BCUT2D eigenvalue weighted by Crippen LogP contribution is -2.44. The van der Waals surface area contributed by atoms with Crippen molar-refractivity contribution in [3.8, 4) is 6.07 Å².